The third kappa shape index (κ3) is 3.63. The number of hydrogen-bond donors (Lipinski definition) is 1. The SMILES string of the molecule is Cc1ccc2nc(NC(=O)C(C)Sc3nnc4cc(C)c5cc(C)cc(C)c5n34)sc2c1. The van der Waals surface area contributed by atoms with Crippen LogP contribution in [0.25, 0.3) is 26.8 Å². The van der Waals surface area contributed by atoms with Gasteiger partial charge in [0.05, 0.1) is 21.0 Å². The molecule has 6 nitrogen and oxygen atoms in total. The minimum absolute atomic E-state index is 0.105. The second-order valence-electron chi connectivity index (χ2n) is 8.22. The second-order valence-corrected chi connectivity index (χ2v) is 10.6. The summed E-state index contributed by atoms with van der Waals surface area (Å²) < 4.78 is 3.13. The van der Waals surface area contributed by atoms with Crippen molar-refractivity contribution in [2.45, 2.75) is 45.0 Å². The van der Waals surface area contributed by atoms with Gasteiger partial charge in [-0.05, 0) is 75.6 Å². The van der Waals surface area contributed by atoms with E-state index in [1.54, 1.807) is 0 Å². The molecule has 1 atom stereocenters. The number of thiazole rings is 1. The maximum atomic E-state index is 12.9. The zero-order valence-corrected chi connectivity index (χ0v) is 20.2. The van der Waals surface area contributed by atoms with E-state index in [4.69, 9.17) is 0 Å². The van der Waals surface area contributed by atoms with E-state index in [0.29, 0.717) is 10.3 Å². The van der Waals surface area contributed by atoms with Crippen molar-refractivity contribution < 1.29 is 4.79 Å². The predicted molar refractivity (Wildman–Crippen MR) is 133 cm³/mol. The fourth-order valence-electron chi connectivity index (χ4n) is 3.99. The molecule has 0 aliphatic rings. The standard InChI is InChI=1S/C24H23N5OS2/c1-12-6-7-18-19(10-12)32-23(25-18)26-22(30)16(5)31-24-28-27-20-11-14(3)17-9-13(2)8-15(4)21(17)29(20)24/h6-11,16H,1-5H3,(H,25,26,30). The zero-order valence-electron chi connectivity index (χ0n) is 18.6. The number of fused-ring (bicyclic) bond motifs is 4. The van der Waals surface area contributed by atoms with Crippen LogP contribution in [0, 0.1) is 27.7 Å². The highest BCUT2D eigenvalue weighted by atomic mass is 32.2. The first-order valence-corrected chi connectivity index (χ1v) is 12.1. The molecule has 0 spiro atoms. The summed E-state index contributed by atoms with van der Waals surface area (Å²) in [5, 5.41) is 13.9. The molecule has 32 heavy (non-hydrogen) atoms. The van der Waals surface area contributed by atoms with Crippen LogP contribution in [0.3, 0.4) is 0 Å². The third-order valence-corrected chi connectivity index (χ3v) is 7.50. The van der Waals surface area contributed by atoms with Gasteiger partial charge in [-0.1, -0.05) is 40.8 Å². The molecule has 1 unspecified atom stereocenters. The first-order chi connectivity index (χ1) is 15.3. The molecular weight excluding hydrogens is 438 g/mol. The molecule has 0 radical (unpaired) electrons. The Morgan fingerprint density at radius 3 is 2.66 bits per heavy atom. The largest absolute Gasteiger partial charge is 0.301 e. The molecule has 0 saturated heterocycles. The molecular formula is C24H23N5OS2. The highest BCUT2D eigenvalue weighted by molar-refractivity contribution is 8.00. The van der Waals surface area contributed by atoms with Gasteiger partial charge in [0.1, 0.15) is 0 Å². The number of nitrogens with zero attached hydrogens (tertiary/aromatic N) is 4. The Balaban J connectivity index is 1.45. The Labute approximate surface area is 194 Å². The monoisotopic (exact) mass is 461 g/mol. The van der Waals surface area contributed by atoms with Gasteiger partial charge in [0.25, 0.3) is 0 Å². The number of nitrogens with one attached hydrogen (secondary N) is 1. The summed E-state index contributed by atoms with van der Waals surface area (Å²) >= 11 is 2.89. The Hall–Kier alpha value is -2.97. The molecule has 1 N–H and O–H groups in total. The quantitative estimate of drug-likeness (QED) is 0.340. The van der Waals surface area contributed by atoms with E-state index in [1.807, 2.05) is 32.0 Å². The Morgan fingerprint density at radius 1 is 1.03 bits per heavy atom. The van der Waals surface area contributed by atoms with Crippen LogP contribution in [0.1, 0.15) is 29.2 Å². The van der Waals surface area contributed by atoms with Gasteiger partial charge >= 0.3 is 0 Å². The molecule has 162 valence electrons. The van der Waals surface area contributed by atoms with Gasteiger partial charge in [-0.2, -0.15) is 0 Å². The minimum Gasteiger partial charge on any atom is -0.301 e. The van der Waals surface area contributed by atoms with E-state index in [-0.39, 0.29) is 11.2 Å². The van der Waals surface area contributed by atoms with Gasteiger partial charge < -0.3 is 5.32 Å². The fourth-order valence-corrected chi connectivity index (χ4v) is 5.82. The van der Waals surface area contributed by atoms with Crippen LogP contribution in [0.15, 0.2) is 41.6 Å². The van der Waals surface area contributed by atoms with Gasteiger partial charge in [-0.15, -0.1) is 10.2 Å². The van der Waals surface area contributed by atoms with Crippen LogP contribution in [0.4, 0.5) is 5.13 Å². The van der Waals surface area contributed by atoms with Gasteiger partial charge in [0.2, 0.25) is 5.91 Å². The number of pyridine rings is 1. The van der Waals surface area contributed by atoms with E-state index < -0.39 is 0 Å². The number of amides is 1. The lowest BCUT2D eigenvalue weighted by atomic mass is 10.0. The summed E-state index contributed by atoms with van der Waals surface area (Å²) in [5.74, 6) is -0.105. The molecule has 0 saturated carbocycles. The molecule has 2 aromatic carbocycles. The van der Waals surface area contributed by atoms with Gasteiger partial charge in [0.15, 0.2) is 15.9 Å². The molecule has 0 aliphatic heterocycles. The fraction of sp³-hybridized carbons (Fsp3) is 0.250. The summed E-state index contributed by atoms with van der Waals surface area (Å²) in [6.07, 6.45) is 0. The zero-order chi connectivity index (χ0) is 22.6. The first kappa shape index (κ1) is 20.9. The molecule has 0 aliphatic carbocycles. The number of anilines is 1. The number of benzene rings is 2. The lowest BCUT2D eigenvalue weighted by Gasteiger charge is -2.13. The number of carbonyl (C=O) groups excluding carboxylic acids is 1. The van der Waals surface area contributed by atoms with Crippen molar-refractivity contribution in [2.75, 3.05) is 5.32 Å². The third-order valence-electron chi connectivity index (χ3n) is 5.52. The van der Waals surface area contributed by atoms with E-state index in [9.17, 15) is 4.79 Å². The van der Waals surface area contributed by atoms with Crippen molar-refractivity contribution in [3.05, 3.63) is 58.7 Å². The minimum atomic E-state index is -0.363. The lowest BCUT2D eigenvalue weighted by molar-refractivity contribution is -0.115. The Kier molecular flexibility index (Phi) is 5.14. The maximum absolute atomic E-state index is 12.9. The second kappa shape index (κ2) is 7.86. The molecule has 3 aromatic heterocycles. The molecule has 8 heteroatoms. The Bertz CT molecular complexity index is 1520. The molecule has 5 rings (SSSR count). The highest BCUT2D eigenvalue weighted by Crippen LogP contribution is 2.32. The number of aryl methyl sites for hydroxylation is 4. The number of thioether (sulfide) groups is 1. The first-order valence-electron chi connectivity index (χ1n) is 10.4. The molecule has 3 heterocycles. The van der Waals surface area contributed by atoms with Crippen LogP contribution in [0.5, 0.6) is 0 Å². The molecule has 0 fully saturated rings. The summed E-state index contributed by atoms with van der Waals surface area (Å²) in [6, 6.07) is 12.5. The van der Waals surface area contributed by atoms with Crippen molar-refractivity contribution in [1.29, 1.82) is 0 Å². The summed E-state index contributed by atoms with van der Waals surface area (Å²) in [5.41, 5.74) is 7.50. The van der Waals surface area contributed by atoms with Gasteiger partial charge in [-0.3, -0.25) is 9.20 Å². The van der Waals surface area contributed by atoms with Crippen LogP contribution < -0.4 is 5.32 Å². The van der Waals surface area contributed by atoms with Crippen molar-refractivity contribution in [3.8, 4) is 0 Å². The average molecular weight is 462 g/mol. The number of carbonyl (C=O) groups is 1. The van der Waals surface area contributed by atoms with E-state index in [0.717, 1.165) is 26.9 Å². The van der Waals surface area contributed by atoms with Crippen LogP contribution >= 0.6 is 23.1 Å². The Morgan fingerprint density at radius 2 is 1.84 bits per heavy atom. The van der Waals surface area contributed by atoms with E-state index in [2.05, 4.69) is 63.9 Å². The van der Waals surface area contributed by atoms with Crippen molar-refractivity contribution in [3.63, 3.8) is 0 Å². The van der Waals surface area contributed by atoms with E-state index in [1.165, 1.54) is 45.2 Å². The van der Waals surface area contributed by atoms with Crippen LogP contribution in [-0.4, -0.2) is 30.7 Å². The van der Waals surface area contributed by atoms with Crippen LogP contribution in [0.2, 0.25) is 0 Å². The van der Waals surface area contributed by atoms with Crippen molar-refractivity contribution in [2.24, 2.45) is 0 Å². The normalized spacial score (nSPS) is 12.7. The summed E-state index contributed by atoms with van der Waals surface area (Å²) in [4.78, 5) is 17.5. The number of aromatic nitrogens is 4. The lowest BCUT2D eigenvalue weighted by Crippen LogP contribution is -2.22. The average Bonchev–Trinajstić information content (AvgIpc) is 3.30. The molecule has 5 aromatic rings. The number of rotatable bonds is 4. The van der Waals surface area contributed by atoms with Gasteiger partial charge in [-0.25, -0.2) is 4.98 Å². The summed E-state index contributed by atoms with van der Waals surface area (Å²) in [7, 11) is 0. The van der Waals surface area contributed by atoms with E-state index >= 15 is 0 Å². The molecule has 0 bridgehead atoms. The van der Waals surface area contributed by atoms with Crippen LogP contribution in [-0.2, 0) is 4.79 Å². The predicted octanol–water partition coefficient (Wildman–Crippen LogP) is 5.85. The topological polar surface area (TPSA) is 72.2 Å². The van der Waals surface area contributed by atoms with Crippen molar-refractivity contribution >= 4 is 60.9 Å². The maximum Gasteiger partial charge on any atom is 0.239 e. The van der Waals surface area contributed by atoms with Crippen molar-refractivity contribution in [1.82, 2.24) is 19.6 Å². The van der Waals surface area contributed by atoms with Gasteiger partial charge in [0, 0.05) is 5.39 Å². The smallest absolute Gasteiger partial charge is 0.239 e. The number of hydrogen-bond acceptors (Lipinski definition) is 6. The summed E-state index contributed by atoms with van der Waals surface area (Å²) in [6.45, 7) is 10.2. The highest BCUT2D eigenvalue weighted by Gasteiger charge is 2.21. The molecule has 1 amide bonds.